The molecule has 17 heavy (non-hydrogen) atoms. The number of ether oxygens (including phenoxy) is 2. The second-order valence-electron chi connectivity index (χ2n) is 5.05. The number of hydrogen-bond donors (Lipinski definition) is 1. The van der Waals surface area contributed by atoms with Crippen LogP contribution in [0.5, 0.6) is 0 Å². The summed E-state index contributed by atoms with van der Waals surface area (Å²) in [4.78, 5) is 0. The molecule has 0 heterocycles. The van der Waals surface area contributed by atoms with Gasteiger partial charge in [0.1, 0.15) is 0 Å². The van der Waals surface area contributed by atoms with E-state index in [1.807, 2.05) is 0 Å². The maximum Gasteiger partial charge on any atom is 0.0701 e. The SMILES string of the molecule is CCCOCCOCCNC(C)CCC(C)C. The van der Waals surface area contributed by atoms with Crippen LogP contribution in [0.25, 0.3) is 0 Å². The molecule has 0 saturated heterocycles. The summed E-state index contributed by atoms with van der Waals surface area (Å²) in [6.45, 7) is 12.9. The lowest BCUT2D eigenvalue weighted by molar-refractivity contribution is 0.0485. The standard InChI is InChI=1S/C14H31NO2/c1-5-9-16-11-12-17-10-8-15-14(4)7-6-13(2)3/h13-15H,5-12H2,1-4H3. The molecule has 0 radical (unpaired) electrons. The summed E-state index contributed by atoms with van der Waals surface area (Å²) in [6, 6.07) is 0.595. The van der Waals surface area contributed by atoms with E-state index in [0.717, 1.165) is 38.7 Å². The van der Waals surface area contributed by atoms with Crippen LogP contribution in [0.2, 0.25) is 0 Å². The Labute approximate surface area is 107 Å². The normalized spacial score (nSPS) is 13.2. The van der Waals surface area contributed by atoms with Gasteiger partial charge in [0.05, 0.1) is 19.8 Å². The fraction of sp³-hybridized carbons (Fsp3) is 1.00. The minimum Gasteiger partial charge on any atom is -0.379 e. The fourth-order valence-electron chi connectivity index (χ4n) is 1.53. The summed E-state index contributed by atoms with van der Waals surface area (Å²) in [5, 5.41) is 3.47. The van der Waals surface area contributed by atoms with Crippen LogP contribution in [0, 0.1) is 5.92 Å². The second-order valence-corrected chi connectivity index (χ2v) is 5.05. The Morgan fingerprint density at radius 3 is 2.12 bits per heavy atom. The Hall–Kier alpha value is -0.120. The highest BCUT2D eigenvalue weighted by molar-refractivity contribution is 4.61. The first kappa shape index (κ1) is 16.9. The van der Waals surface area contributed by atoms with Gasteiger partial charge >= 0.3 is 0 Å². The molecule has 0 fully saturated rings. The highest BCUT2D eigenvalue weighted by Crippen LogP contribution is 2.05. The van der Waals surface area contributed by atoms with Gasteiger partial charge in [-0.25, -0.2) is 0 Å². The van der Waals surface area contributed by atoms with E-state index in [2.05, 4.69) is 33.0 Å². The predicted molar refractivity (Wildman–Crippen MR) is 73.5 cm³/mol. The first-order valence-electron chi connectivity index (χ1n) is 7.05. The lowest BCUT2D eigenvalue weighted by Gasteiger charge is -2.15. The Morgan fingerprint density at radius 2 is 1.53 bits per heavy atom. The number of rotatable bonds is 12. The van der Waals surface area contributed by atoms with Crippen LogP contribution in [0.1, 0.15) is 47.0 Å². The van der Waals surface area contributed by atoms with Gasteiger partial charge in [-0.05, 0) is 32.1 Å². The highest BCUT2D eigenvalue weighted by Gasteiger charge is 2.02. The molecule has 3 nitrogen and oxygen atoms in total. The third-order valence-electron chi connectivity index (χ3n) is 2.64. The van der Waals surface area contributed by atoms with E-state index < -0.39 is 0 Å². The number of nitrogens with one attached hydrogen (secondary N) is 1. The molecule has 0 bridgehead atoms. The third kappa shape index (κ3) is 13.8. The van der Waals surface area contributed by atoms with Crippen molar-refractivity contribution in [2.45, 2.75) is 53.0 Å². The van der Waals surface area contributed by atoms with Gasteiger partial charge < -0.3 is 14.8 Å². The summed E-state index contributed by atoms with van der Waals surface area (Å²) >= 11 is 0. The second kappa shape index (κ2) is 12.3. The molecule has 0 aliphatic carbocycles. The van der Waals surface area contributed by atoms with E-state index in [9.17, 15) is 0 Å². The molecule has 0 rings (SSSR count). The fourth-order valence-corrected chi connectivity index (χ4v) is 1.53. The van der Waals surface area contributed by atoms with Crippen molar-refractivity contribution >= 4 is 0 Å². The molecule has 3 heteroatoms. The van der Waals surface area contributed by atoms with E-state index in [0.29, 0.717) is 12.6 Å². The van der Waals surface area contributed by atoms with Crippen molar-refractivity contribution in [1.82, 2.24) is 5.32 Å². The van der Waals surface area contributed by atoms with Gasteiger partial charge in [0, 0.05) is 19.2 Å². The smallest absolute Gasteiger partial charge is 0.0701 e. The van der Waals surface area contributed by atoms with Gasteiger partial charge in [-0.2, -0.15) is 0 Å². The molecule has 0 saturated carbocycles. The monoisotopic (exact) mass is 245 g/mol. The van der Waals surface area contributed by atoms with Crippen LogP contribution in [0.15, 0.2) is 0 Å². The molecule has 0 spiro atoms. The first-order chi connectivity index (χ1) is 8.16. The van der Waals surface area contributed by atoms with Crippen molar-refractivity contribution in [2.75, 3.05) is 33.0 Å². The van der Waals surface area contributed by atoms with Gasteiger partial charge in [0.2, 0.25) is 0 Å². The molecule has 0 aliphatic heterocycles. The largest absolute Gasteiger partial charge is 0.379 e. The topological polar surface area (TPSA) is 30.5 Å². The van der Waals surface area contributed by atoms with Crippen molar-refractivity contribution in [1.29, 1.82) is 0 Å². The van der Waals surface area contributed by atoms with Crippen molar-refractivity contribution in [3.8, 4) is 0 Å². The lowest BCUT2D eigenvalue weighted by atomic mass is 10.0. The minimum atomic E-state index is 0.595. The quantitative estimate of drug-likeness (QED) is 0.536. The molecule has 0 aromatic carbocycles. The zero-order valence-corrected chi connectivity index (χ0v) is 12.1. The summed E-state index contributed by atoms with van der Waals surface area (Å²) in [6.07, 6.45) is 3.62. The first-order valence-corrected chi connectivity index (χ1v) is 7.05. The van der Waals surface area contributed by atoms with E-state index in [4.69, 9.17) is 9.47 Å². The van der Waals surface area contributed by atoms with Gasteiger partial charge in [-0.15, -0.1) is 0 Å². The van der Waals surface area contributed by atoms with E-state index in [-0.39, 0.29) is 0 Å². The summed E-state index contributed by atoms with van der Waals surface area (Å²) in [5.41, 5.74) is 0. The zero-order chi connectivity index (χ0) is 12.9. The molecule has 0 aromatic rings. The predicted octanol–water partition coefficient (Wildman–Crippen LogP) is 2.84. The van der Waals surface area contributed by atoms with Crippen molar-refractivity contribution < 1.29 is 9.47 Å². The molecule has 1 atom stereocenters. The molecule has 1 N–H and O–H groups in total. The minimum absolute atomic E-state index is 0.595. The molecule has 0 aliphatic rings. The Kier molecular flexibility index (Phi) is 12.3. The summed E-state index contributed by atoms with van der Waals surface area (Å²) < 4.78 is 10.8. The van der Waals surface area contributed by atoms with Crippen LogP contribution in [-0.2, 0) is 9.47 Å². The molecule has 0 aromatic heterocycles. The van der Waals surface area contributed by atoms with Crippen LogP contribution in [-0.4, -0.2) is 39.0 Å². The van der Waals surface area contributed by atoms with Gasteiger partial charge in [0.15, 0.2) is 0 Å². The van der Waals surface area contributed by atoms with Gasteiger partial charge in [-0.3, -0.25) is 0 Å². The van der Waals surface area contributed by atoms with Crippen LogP contribution in [0.4, 0.5) is 0 Å². The van der Waals surface area contributed by atoms with E-state index >= 15 is 0 Å². The third-order valence-corrected chi connectivity index (χ3v) is 2.64. The lowest BCUT2D eigenvalue weighted by Crippen LogP contribution is -2.30. The van der Waals surface area contributed by atoms with Crippen molar-refractivity contribution in [3.05, 3.63) is 0 Å². The average molecular weight is 245 g/mol. The Balaban J connectivity index is 3.11. The van der Waals surface area contributed by atoms with Crippen LogP contribution >= 0.6 is 0 Å². The van der Waals surface area contributed by atoms with Crippen molar-refractivity contribution in [2.24, 2.45) is 5.92 Å². The molecular formula is C14H31NO2. The highest BCUT2D eigenvalue weighted by atomic mass is 16.5. The Morgan fingerprint density at radius 1 is 0.882 bits per heavy atom. The van der Waals surface area contributed by atoms with E-state index in [1.165, 1.54) is 12.8 Å². The maximum absolute atomic E-state index is 5.47. The van der Waals surface area contributed by atoms with Gasteiger partial charge in [-0.1, -0.05) is 20.8 Å². The van der Waals surface area contributed by atoms with E-state index in [1.54, 1.807) is 0 Å². The summed E-state index contributed by atoms with van der Waals surface area (Å²) in [5.74, 6) is 0.797. The zero-order valence-electron chi connectivity index (χ0n) is 12.1. The van der Waals surface area contributed by atoms with Crippen molar-refractivity contribution in [3.63, 3.8) is 0 Å². The molecule has 104 valence electrons. The molecular weight excluding hydrogens is 214 g/mol. The van der Waals surface area contributed by atoms with Gasteiger partial charge in [0.25, 0.3) is 0 Å². The summed E-state index contributed by atoms with van der Waals surface area (Å²) in [7, 11) is 0. The molecule has 1 unspecified atom stereocenters. The molecule has 0 amide bonds. The van der Waals surface area contributed by atoms with Crippen LogP contribution < -0.4 is 5.32 Å². The average Bonchev–Trinajstić information content (AvgIpc) is 2.30. The maximum atomic E-state index is 5.47. The number of hydrogen-bond acceptors (Lipinski definition) is 3. The van der Waals surface area contributed by atoms with Crippen LogP contribution in [0.3, 0.4) is 0 Å². The Bertz CT molecular complexity index is 151.